The number of nitrogens with one attached hydrogen (secondary N) is 2. The van der Waals surface area contributed by atoms with Crippen molar-refractivity contribution in [2.75, 3.05) is 26.2 Å². The lowest BCUT2D eigenvalue weighted by molar-refractivity contribution is -0.137. The van der Waals surface area contributed by atoms with Gasteiger partial charge in [-0.3, -0.25) is 9.69 Å². The van der Waals surface area contributed by atoms with Crippen LogP contribution in [0.3, 0.4) is 0 Å². The zero-order chi connectivity index (χ0) is 21.8. The van der Waals surface area contributed by atoms with Crippen molar-refractivity contribution in [3.8, 4) is 0 Å². The predicted octanol–water partition coefficient (Wildman–Crippen LogP) is 4.55. The number of piperidine rings is 1. The molecule has 4 nitrogen and oxygen atoms in total. The number of carbonyl (C=O) groups is 1. The molecule has 0 aromatic heterocycles. The van der Waals surface area contributed by atoms with Crippen molar-refractivity contribution in [2.45, 2.75) is 45.3 Å². The Balaban J connectivity index is 1.81. The van der Waals surface area contributed by atoms with E-state index in [0.29, 0.717) is 30.3 Å². The molecule has 0 atom stereocenters. The molecule has 1 aromatic carbocycles. The van der Waals surface area contributed by atoms with Crippen molar-refractivity contribution >= 4 is 23.2 Å². The number of carbonyl (C=O) groups excluding carboxylic acids is 1. The topological polar surface area (TPSA) is 44.4 Å². The Kier molecular flexibility index (Phi) is 7.62. The largest absolute Gasteiger partial charge is 0.416 e. The van der Waals surface area contributed by atoms with Gasteiger partial charge in [0.2, 0.25) is 5.91 Å². The van der Waals surface area contributed by atoms with E-state index in [2.05, 4.69) is 22.1 Å². The Morgan fingerprint density at radius 1 is 1.21 bits per heavy atom. The summed E-state index contributed by atoms with van der Waals surface area (Å²) in [5, 5.41) is 6.13. The van der Waals surface area contributed by atoms with Crippen LogP contribution in [0.25, 0.3) is 5.70 Å². The maximum atomic E-state index is 13.0. The van der Waals surface area contributed by atoms with Crippen molar-refractivity contribution in [3.05, 3.63) is 40.9 Å². The molecule has 0 spiro atoms. The number of likely N-dealkylation sites (tertiary alicyclic amines) is 1. The molecule has 2 N–H and O–H groups in total. The van der Waals surface area contributed by atoms with Gasteiger partial charge in [-0.1, -0.05) is 18.2 Å². The summed E-state index contributed by atoms with van der Waals surface area (Å²) in [5.74, 6) is 0.388. The first-order valence-electron chi connectivity index (χ1n) is 9.68. The highest BCUT2D eigenvalue weighted by atomic mass is 35.5. The average molecular weight is 432 g/mol. The summed E-state index contributed by atoms with van der Waals surface area (Å²) in [7, 11) is 0. The van der Waals surface area contributed by atoms with Crippen molar-refractivity contribution in [1.29, 1.82) is 0 Å². The average Bonchev–Trinajstić information content (AvgIpc) is 2.58. The normalized spacial score (nSPS) is 16.5. The van der Waals surface area contributed by atoms with E-state index < -0.39 is 11.7 Å². The molecular formula is C21H29ClF3N3O. The van der Waals surface area contributed by atoms with Gasteiger partial charge in [0.05, 0.1) is 12.1 Å². The summed E-state index contributed by atoms with van der Waals surface area (Å²) in [4.78, 5) is 14.2. The van der Waals surface area contributed by atoms with Gasteiger partial charge in [0.15, 0.2) is 0 Å². The SMILES string of the molecule is C=C(NCC1CCN(CC(=O)NC(C)(C)C)CC1)c1cc(Cl)cc(C(F)(F)F)c1. The fraction of sp³-hybridized carbons (Fsp3) is 0.571. The lowest BCUT2D eigenvalue weighted by atomic mass is 9.96. The lowest BCUT2D eigenvalue weighted by Crippen LogP contribution is -2.48. The van der Waals surface area contributed by atoms with Gasteiger partial charge in [0.1, 0.15) is 0 Å². The van der Waals surface area contributed by atoms with Gasteiger partial charge in [-0.25, -0.2) is 0 Å². The Morgan fingerprint density at radius 2 is 1.83 bits per heavy atom. The molecule has 1 aliphatic heterocycles. The monoisotopic (exact) mass is 431 g/mol. The highest BCUT2D eigenvalue weighted by molar-refractivity contribution is 6.30. The summed E-state index contributed by atoms with van der Waals surface area (Å²) in [5.41, 5.74) is -0.276. The number of alkyl halides is 3. The van der Waals surface area contributed by atoms with Crippen molar-refractivity contribution in [3.63, 3.8) is 0 Å². The van der Waals surface area contributed by atoms with E-state index >= 15 is 0 Å². The molecule has 0 bridgehead atoms. The molecule has 1 fully saturated rings. The first-order valence-corrected chi connectivity index (χ1v) is 10.1. The van der Waals surface area contributed by atoms with Crippen molar-refractivity contribution in [1.82, 2.24) is 15.5 Å². The molecule has 2 rings (SSSR count). The van der Waals surface area contributed by atoms with E-state index in [9.17, 15) is 18.0 Å². The molecule has 0 aliphatic carbocycles. The molecule has 0 saturated carbocycles. The number of nitrogens with zero attached hydrogens (tertiary/aromatic N) is 1. The van der Waals surface area contributed by atoms with Crippen LogP contribution < -0.4 is 10.6 Å². The third-order valence-electron chi connectivity index (χ3n) is 4.77. The number of benzene rings is 1. The van der Waals surface area contributed by atoms with Crippen LogP contribution in [0.4, 0.5) is 13.2 Å². The molecule has 29 heavy (non-hydrogen) atoms. The molecule has 0 unspecified atom stereocenters. The number of amides is 1. The van der Waals surface area contributed by atoms with E-state index in [4.69, 9.17) is 11.6 Å². The highest BCUT2D eigenvalue weighted by Gasteiger charge is 2.31. The molecule has 0 radical (unpaired) electrons. The van der Waals surface area contributed by atoms with Crippen LogP contribution in [0.15, 0.2) is 24.8 Å². The molecule has 162 valence electrons. The number of hydrogen-bond donors (Lipinski definition) is 2. The van der Waals surface area contributed by atoms with E-state index in [1.54, 1.807) is 0 Å². The maximum Gasteiger partial charge on any atom is 0.416 e. The quantitative estimate of drug-likeness (QED) is 0.694. The number of rotatable bonds is 6. The van der Waals surface area contributed by atoms with Crippen LogP contribution in [0.5, 0.6) is 0 Å². The Morgan fingerprint density at radius 3 is 2.38 bits per heavy atom. The third kappa shape index (κ3) is 7.90. The van der Waals surface area contributed by atoms with Gasteiger partial charge in [-0.05, 0) is 76.4 Å². The smallest absolute Gasteiger partial charge is 0.385 e. The molecule has 1 heterocycles. The van der Waals surface area contributed by atoms with E-state index in [1.165, 1.54) is 6.07 Å². The van der Waals surface area contributed by atoms with Gasteiger partial charge >= 0.3 is 6.18 Å². The van der Waals surface area contributed by atoms with Crippen LogP contribution in [0, 0.1) is 5.92 Å². The van der Waals surface area contributed by atoms with Crippen LogP contribution in [0.1, 0.15) is 44.7 Å². The summed E-state index contributed by atoms with van der Waals surface area (Å²) >= 11 is 5.84. The van der Waals surface area contributed by atoms with E-state index in [0.717, 1.165) is 38.1 Å². The second-order valence-corrected chi connectivity index (χ2v) is 9.04. The Bertz CT molecular complexity index is 736. The van der Waals surface area contributed by atoms with Gasteiger partial charge in [0, 0.05) is 22.8 Å². The summed E-state index contributed by atoms with van der Waals surface area (Å²) in [6.07, 6.45) is -2.63. The van der Waals surface area contributed by atoms with Crippen LogP contribution in [-0.4, -0.2) is 42.5 Å². The van der Waals surface area contributed by atoms with Gasteiger partial charge in [-0.15, -0.1) is 0 Å². The predicted molar refractivity (Wildman–Crippen MR) is 111 cm³/mol. The van der Waals surface area contributed by atoms with Crippen molar-refractivity contribution < 1.29 is 18.0 Å². The van der Waals surface area contributed by atoms with Crippen LogP contribution in [0.2, 0.25) is 5.02 Å². The minimum atomic E-state index is -4.45. The minimum Gasteiger partial charge on any atom is -0.385 e. The molecule has 1 aliphatic rings. The molecular weight excluding hydrogens is 403 g/mol. The molecule has 1 saturated heterocycles. The second-order valence-electron chi connectivity index (χ2n) is 8.60. The first-order chi connectivity index (χ1) is 13.3. The van der Waals surface area contributed by atoms with Gasteiger partial charge in [-0.2, -0.15) is 13.2 Å². The van der Waals surface area contributed by atoms with Crippen molar-refractivity contribution in [2.24, 2.45) is 5.92 Å². The number of hydrogen-bond acceptors (Lipinski definition) is 3. The zero-order valence-electron chi connectivity index (χ0n) is 17.1. The van der Waals surface area contributed by atoms with Crippen LogP contribution >= 0.6 is 11.6 Å². The first kappa shape index (κ1) is 23.5. The minimum absolute atomic E-state index is 0.0175. The maximum absolute atomic E-state index is 13.0. The molecule has 1 amide bonds. The van der Waals surface area contributed by atoms with Gasteiger partial charge < -0.3 is 10.6 Å². The summed E-state index contributed by atoms with van der Waals surface area (Å²) < 4.78 is 38.9. The summed E-state index contributed by atoms with van der Waals surface area (Å²) in [6, 6.07) is 3.43. The molecule has 8 heteroatoms. The Hall–Kier alpha value is -1.73. The third-order valence-corrected chi connectivity index (χ3v) is 4.98. The second kappa shape index (κ2) is 9.39. The highest BCUT2D eigenvalue weighted by Crippen LogP contribution is 2.33. The van der Waals surface area contributed by atoms with Crippen LogP contribution in [-0.2, 0) is 11.0 Å². The summed E-state index contributed by atoms with van der Waals surface area (Å²) in [6.45, 7) is 12.3. The fourth-order valence-corrected chi connectivity index (χ4v) is 3.54. The Labute approximate surface area is 175 Å². The van der Waals surface area contributed by atoms with E-state index in [-0.39, 0.29) is 16.5 Å². The van der Waals surface area contributed by atoms with E-state index in [1.807, 2.05) is 20.8 Å². The lowest BCUT2D eigenvalue weighted by Gasteiger charge is -2.32. The standard InChI is InChI=1S/C21H29ClF3N3O/c1-14(16-9-17(21(23,24)25)11-18(22)10-16)26-12-15-5-7-28(8-6-15)13-19(29)27-20(2,3)4/h9-11,15,26H,1,5-8,12-13H2,2-4H3,(H,27,29). The fourth-order valence-electron chi connectivity index (χ4n) is 3.31. The molecule has 1 aromatic rings. The zero-order valence-corrected chi connectivity index (χ0v) is 17.9. The number of halogens is 4. The van der Waals surface area contributed by atoms with Gasteiger partial charge in [0.25, 0.3) is 0 Å².